The van der Waals surface area contributed by atoms with Gasteiger partial charge in [0.1, 0.15) is 17.5 Å². The molecule has 1 aromatic rings. The molecule has 0 aromatic heterocycles. The van der Waals surface area contributed by atoms with Crippen molar-refractivity contribution in [2.45, 2.75) is 13.8 Å². The van der Waals surface area contributed by atoms with Crippen molar-refractivity contribution in [1.29, 1.82) is 5.26 Å². The molecule has 17 heavy (non-hydrogen) atoms. The molecule has 0 N–H and O–H groups in total. The third kappa shape index (κ3) is 3.15. The molecule has 88 valence electrons. The molecule has 0 bridgehead atoms. The fraction of sp³-hybridized carbons (Fsp3) is 0.231. The summed E-state index contributed by atoms with van der Waals surface area (Å²) in [7, 11) is 0. The van der Waals surface area contributed by atoms with E-state index in [0.29, 0.717) is 11.1 Å². The number of hydrogen-bond acceptors (Lipinski definition) is 3. The summed E-state index contributed by atoms with van der Waals surface area (Å²) in [4.78, 5) is 11.5. The molecule has 0 fully saturated rings. The summed E-state index contributed by atoms with van der Waals surface area (Å²) >= 11 is 0. The Morgan fingerprint density at radius 3 is 2.47 bits per heavy atom. The fourth-order valence-electron chi connectivity index (χ4n) is 1.33. The quantitative estimate of drug-likeness (QED) is 0.458. The predicted molar refractivity (Wildman–Crippen MR) is 61.2 cm³/mol. The SMILES string of the molecule is CCOC(=O)/C(C#N)=C(\C)c1ccc(F)cc1. The van der Waals surface area contributed by atoms with E-state index in [-0.39, 0.29) is 18.0 Å². The van der Waals surface area contributed by atoms with E-state index >= 15 is 0 Å². The average molecular weight is 233 g/mol. The van der Waals surface area contributed by atoms with E-state index in [1.165, 1.54) is 24.3 Å². The molecule has 1 rings (SSSR count). The number of rotatable bonds is 3. The Morgan fingerprint density at radius 1 is 1.41 bits per heavy atom. The van der Waals surface area contributed by atoms with Gasteiger partial charge >= 0.3 is 5.97 Å². The number of benzene rings is 1. The molecule has 3 nitrogen and oxygen atoms in total. The molecular weight excluding hydrogens is 221 g/mol. The number of esters is 1. The van der Waals surface area contributed by atoms with E-state index in [9.17, 15) is 9.18 Å². The number of nitriles is 1. The highest BCUT2D eigenvalue weighted by molar-refractivity contribution is 6.01. The van der Waals surface area contributed by atoms with E-state index < -0.39 is 5.97 Å². The van der Waals surface area contributed by atoms with E-state index in [2.05, 4.69) is 0 Å². The highest BCUT2D eigenvalue weighted by atomic mass is 19.1. The van der Waals surface area contributed by atoms with Crippen LogP contribution in [-0.2, 0) is 9.53 Å². The lowest BCUT2D eigenvalue weighted by Gasteiger charge is -2.05. The van der Waals surface area contributed by atoms with Crippen molar-refractivity contribution in [3.63, 3.8) is 0 Å². The molecule has 0 saturated heterocycles. The van der Waals surface area contributed by atoms with Crippen LogP contribution in [0, 0.1) is 17.1 Å². The van der Waals surface area contributed by atoms with Gasteiger partial charge in [-0.25, -0.2) is 9.18 Å². The molecule has 0 atom stereocenters. The van der Waals surface area contributed by atoms with Crippen molar-refractivity contribution in [2.24, 2.45) is 0 Å². The lowest BCUT2D eigenvalue weighted by atomic mass is 10.0. The van der Waals surface area contributed by atoms with Gasteiger partial charge in [-0.3, -0.25) is 0 Å². The van der Waals surface area contributed by atoms with Gasteiger partial charge < -0.3 is 4.74 Å². The molecule has 0 radical (unpaired) electrons. The lowest BCUT2D eigenvalue weighted by molar-refractivity contribution is -0.137. The molecule has 4 heteroatoms. The van der Waals surface area contributed by atoms with Crippen LogP contribution in [0.15, 0.2) is 29.8 Å². The minimum atomic E-state index is -0.656. The standard InChI is InChI=1S/C13H12FNO2/c1-3-17-13(16)12(8-15)9(2)10-4-6-11(14)7-5-10/h4-7H,3H2,1-2H3/b12-9+. The summed E-state index contributed by atoms with van der Waals surface area (Å²) in [5, 5.41) is 8.93. The minimum Gasteiger partial charge on any atom is -0.462 e. The number of allylic oxidation sites excluding steroid dienone is 1. The second-order valence-corrected chi connectivity index (χ2v) is 3.34. The molecule has 0 aliphatic heterocycles. The van der Waals surface area contributed by atoms with Crippen LogP contribution in [0.25, 0.3) is 5.57 Å². The van der Waals surface area contributed by atoms with Crippen LogP contribution in [-0.4, -0.2) is 12.6 Å². The van der Waals surface area contributed by atoms with E-state index in [0.717, 1.165) is 0 Å². The molecule has 0 aliphatic carbocycles. The van der Waals surface area contributed by atoms with Crippen LogP contribution < -0.4 is 0 Å². The van der Waals surface area contributed by atoms with Crippen molar-refractivity contribution in [1.82, 2.24) is 0 Å². The smallest absolute Gasteiger partial charge is 0.349 e. The van der Waals surface area contributed by atoms with E-state index in [1.54, 1.807) is 13.8 Å². The normalized spacial score (nSPS) is 11.4. The average Bonchev–Trinajstić information content (AvgIpc) is 2.31. The highest BCUT2D eigenvalue weighted by Crippen LogP contribution is 2.19. The number of carbonyl (C=O) groups is 1. The minimum absolute atomic E-state index is 0.0570. The maximum absolute atomic E-state index is 12.7. The molecule has 0 unspecified atom stereocenters. The summed E-state index contributed by atoms with van der Waals surface area (Å²) in [5.41, 5.74) is 1.04. The van der Waals surface area contributed by atoms with Crippen molar-refractivity contribution in [2.75, 3.05) is 6.61 Å². The van der Waals surface area contributed by atoms with Gasteiger partial charge in [-0.1, -0.05) is 12.1 Å². The van der Waals surface area contributed by atoms with Crippen molar-refractivity contribution < 1.29 is 13.9 Å². The van der Waals surface area contributed by atoms with Crippen LogP contribution in [0.5, 0.6) is 0 Å². The molecular formula is C13H12FNO2. The molecule has 0 amide bonds. The Balaban J connectivity index is 3.13. The summed E-state index contributed by atoms with van der Waals surface area (Å²) in [6, 6.07) is 7.39. The first kappa shape index (κ1) is 12.9. The number of halogens is 1. The Bertz CT molecular complexity index is 483. The number of nitrogens with zero attached hydrogens (tertiary/aromatic N) is 1. The summed E-state index contributed by atoms with van der Waals surface area (Å²) in [6.07, 6.45) is 0. The molecule has 0 aliphatic rings. The monoisotopic (exact) mass is 233 g/mol. The second-order valence-electron chi connectivity index (χ2n) is 3.34. The zero-order valence-corrected chi connectivity index (χ0v) is 9.66. The molecule has 1 aromatic carbocycles. The van der Waals surface area contributed by atoms with Gasteiger partial charge in [0, 0.05) is 0 Å². The van der Waals surface area contributed by atoms with Gasteiger partial charge in [-0.2, -0.15) is 5.26 Å². The van der Waals surface area contributed by atoms with E-state index in [1.807, 2.05) is 6.07 Å². The predicted octanol–water partition coefficient (Wildman–Crippen LogP) is 2.69. The maximum Gasteiger partial charge on any atom is 0.349 e. The lowest BCUT2D eigenvalue weighted by Crippen LogP contribution is -2.08. The zero-order chi connectivity index (χ0) is 12.8. The molecule has 0 spiro atoms. The van der Waals surface area contributed by atoms with Crippen molar-refractivity contribution in [3.8, 4) is 6.07 Å². The first-order valence-corrected chi connectivity index (χ1v) is 5.14. The summed E-state index contributed by atoms with van der Waals surface area (Å²) in [5.74, 6) is -1.02. The van der Waals surface area contributed by atoms with Crippen LogP contribution in [0.2, 0.25) is 0 Å². The Kier molecular flexibility index (Phi) is 4.41. The van der Waals surface area contributed by atoms with Gasteiger partial charge in [-0.05, 0) is 37.1 Å². The van der Waals surface area contributed by atoms with Gasteiger partial charge in [0.25, 0.3) is 0 Å². The number of ether oxygens (including phenoxy) is 1. The Labute approximate surface area is 99.1 Å². The maximum atomic E-state index is 12.7. The number of hydrogen-bond donors (Lipinski definition) is 0. The molecule has 0 heterocycles. The van der Waals surface area contributed by atoms with Gasteiger partial charge in [0.15, 0.2) is 0 Å². The third-order valence-electron chi connectivity index (χ3n) is 2.24. The first-order valence-electron chi connectivity index (χ1n) is 5.14. The molecule has 0 saturated carbocycles. The Morgan fingerprint density at radius 2 is 2.00 bits per heavy atom. The highest BCUT2D eigenvalue weighted by Gasteiger charge is 2.14. The van der Waals surface area contributed by atoms with Crippen molar-refractivity contribution in [3.05, 3.63) is 41.2 Å². The van der Waals surface area contributed by atoms with Crippen LogP contribution in [0.3, 0.4) is 0 Å². The summed E-state index contributed by atoms with van der Waals surface area (Å²) < 4.78 is 17.5. The van der Waals surface area contributed by atoms with Crippen LogP contribution in [0.1, 0.15) is 19.4 Å². The van der Waals surface area contributed by atoms with Crippen LogP contribution in [0.4, 0.5) is 4.39 Å². The number of carbonyl (C=O) groups excluding carboxylic acids is 1. The van der Waals surface area contributed by atoms with E-state index in [4.69, 9.17) is 10.00 Å². The summed E-state index contributed by atoms with van der Waals surface area (Å²) in [6.45, 7) is 3.50. The third-order valence-corrected chi connectivity index (χ3v) is 2.24. The van der Waals surface area contributed by atoms with Crippen LogP contribution >= 0.6 is 0 Å². The van der Waals surface area contributed by atoms with Gasteiger partial charge in [-0.15, -0.1) is 0 Å². The first-order chi connectivity index (χ1) is 8.10. The van der Waals surface area contributed by atoms with Gasteiger partial charge in [0.2, 0.25) is 0 Å². The topological polar surface area (TPSA) is 50.1 Å². The van der Waals surface area contributed by atoms with Gasteiger partial charge in [0.05, 0.1) is 6.61 Å². The zero-order valence-electron chi connectivity index (χ0n) is 9.66. The Hall–Kier alpha value is -2.15. The largest absolute Gasteiger partial charge is 0.462 e. The fourth-order valence-corrected chi connectivity index (χ4v) is 1.33. The van der Waals surface area contributed by atoms with Crippen molar-refractivity contribution >= 4 is 11.5 Å². The second kappa shape index (κ2) is 5.80.